The first-order valence-corrected chi connectivity index (χ1v) is 13.5. The minimum absolute atomic E-state index is 0.167. The van der Waals surface area contributed by atoms with Gasteiger partial charge in [0.05, 0.1) is 24.9 Å². The lowest BCUT2D eigenvalue weighted by atomic mass is 9.44. The van der Waals surface area contributed by atoms with Crippen molar-refractivity contribution in [1.82, 2.24) is 0 Å². The Morgan fingerprint density at radius 3 is 2.44 bits per heavy atom. The maximum absolute atomic E-state index is 10.6. The van der Waals surface area contributed by atoms with Crippen molar-refractivity contribution < 1.29 is 24.8 Å². The van der Waals surface area contributed by atoms with Gasteiger partial charge in [0.15, 0.2) is 5.79 Å². The Bertz CT molecular complexity index is 734. The number of hydrogen-bond donors (Lipinski definition) is 3. The van der Waals surface area contributed by atoms with Gasteiger partial charge in [0, 0.05) is 24.9 Å². The van der Waals surface area contributed by atoms with Crippen LogP contribution in [0.4, 0.5) is 0 Å². The largest absolute Gasteiger partial charge is 0.396 e. The van der Waals surface area contributed by atoms with Crippen LogP contribution in [-0.2, 0) is 9.47 Å². The average Bonchev–Trinajstić information content (AvgIpc) is 3.20. The summed E-state index contributed by atoms with van der Waals surface area (Å²) in [6.45, 7) is 8.21. The van der Waals surface area contributed by atoms with E-state index in [2.05, 4.69) is 20.8 Å². The second-order valence-electron chi connectivity index (χ2n) is 13.2. The van der Waals surface area contributed by atoms with Crippen LogP contribution in [0.25, 0.3) is 0 Å². The number of fused-ring (bicyclic) bond motifs is 7. The molecular formula is C27H44O5. The predicted octanol–water partition coefficient (Wildman–Crippen LogP) is 3.74. The van der Waals surface area contributed by atoms with Crippen molar-refractivity contribution in [1.29, 1.82) is 0 Å². The lowest BCUT2D eigenvalue weighted by molar-refractivity contribution is -0.276. The van der Waals surface area contributed by atoms with E-state index in [1.807, 2.05) is 0 Å². The molecule has 6 fully saturated rings. The molecular weight excluding hydrogens is 404 g/mol. The van der Waals surface area contributed by atoms with Gasteiger partial charge in [0.2, 0.25) is 0 Å². The van der Waals surface area contributed by atoms with Gasteiger partial charge in [-0.3, -0.25) is 0 Å². The van der Waals surface area contributed by atoms with Crippen molar-refractivity contribution in [3.05, 3.63) is 0 Å². The van der Waals surface area contributed by atoms with Crippen molar-refractivity contribution >= 4 is 0 Å². The highest BCUT2D eigenvalue weighted by Crippen LogP contribution is 2.71. The standard InChI is InChI=1S/C27H44O5/c1-15-24-23(32-27(15)9-6-16(13-28)14-31-27)11-20-18-5-4-17-10-21(29)22(30)12-26(17,3)19(18)7-8-25(20,24)2/h15-24,28-30H,4-14H2,1-3H3/t15-,16?,17?,18+,19-,20-,21?,22?,23-,24-,25-,26-,27+/m0/s1. The molecule has 5 heteroatoms. The fraction of sp³-hybridized carbons (Fsp3) is 1.00. The molecule has 182 valence electrons. The first-order chi connectivity index (χ1) is 15.2. The van der Waals surface area contributed by atoms with Crippen LogP contribution in [0.1, 0.15) is 78.6 Å². The van der Waals surface area contributed by atoms with Crippen molar-refractivity contribution in [2.75, 3.05) is 13.2 Å². The molecule has 6 rings (SSSR count). The van der Waals surface area contributed by atoms with Crippen LogP contribution in [0.3, 0.4) is 0 Å². The van der Waals surface area contributed by atoms with Crippen molar-refractivity contribution in [3.63, 3.8) is 0 Å². The minimum atomic E-state index is -0.555. The smallest absolute Gasteiger partial charge is 0.171 e. The monoisotopic (exact) mass is 448 g/mol. The van der Waals surface area contributed by atoms with E-state index in [1.165, 1.54) is 25.7 Å². The molecule has 4 aliphatic carbocycles. The number of aliphatic hydroxyl groups excluding tert-OH is 3. The first kappa shape index (κ1) is 22.3. The molecule has 32 heavy (non-hydrogen) atoms. The molecule has 3 N–H and O–H groups in total. The molecule has 0 radical (unpaired) electrons. The fourth-order valence-electron chi connectivity index (χ4n) is 10.4. The van der Waals surface area contributed by atoms with E-state index in [4.69, 9.17) is 9.47 Å². The van der Waals surface area contributed by atoms with E-state index < -0.39 is 18.0 Å². The highest BCUT2D eigenvalue weighted by molar-refractivity contribution is 5.15. The normalized spacial score (nSPS) is 61.7. The van der Waals surface area contributed by atoms with Crippen molar-refractivity contribution in [3.8, 4) is 0 Å². The number of hydrogen-bond acceptors (Lipinski definition) is 5. The Balaban J connectivity index is 1.24. The van der Waals surface area contributed by atoms with Crippen LogP contribution in [0.2, 0.25) is 0 Å². The summed E-state index contributed by atoms with van der Waals surface area (Å²) in [5, 5.41) is 30.4. The summed E-state index contributed by atoms with van der Waals surface area (Å²) in [6.07, 6.45) is 8.83. The molecule has 2 saturated heterocycles. The third-order valence-electron chi connectivity index (χ3n) is 12.1. The molecule has 6 aliphatic rings. The number of rotatable bonds is 1. The summed E-state index contributed by atoms with van der Waals surface area (Å²) in [6, 6.07) is 0. The highest BCUT2D eigenvalue weighted by Gasteiger charge is 2.69. The van der Waals surface area contributed by atoms with Gasteiger partial charge in [-0.05, 0) is 91.8 Å². The van der Waals surface area contributed by atoms with Gasteiger partial charge in [-0.25, -0.2) is 0 Å². The molecule has 13 atom stereocenters. The van der Waals surface area contributed by atoms with Crippen molar-refractivity contribution in [2.45, 2.75) is 103 Å². The van der Waals surface area contributed by atoms with Gasteiger partial charge in [0.25, 0.3) is 0 Å². The maximum atomic E-state index is 10.6. The maximum Gasteiger partial charge on any atom is 0.171 e. The van der Waals surface area contributed by atoms with Gasteiger partial charge in [0.1, 0.15) is 0 Å². The molecule has 0 bridgehead atoms. The van der Waals surface area contributed by atoms with Gasteiger partial charge in [-0.15, -0.1) is 0 Å². The summed E-state index contributed by atoms with van der Waals surface area (Å²) < 4.78 is 13.2. The first-order valence-electron chi connectivity index (χ1n) is 13.5. The van der Waals surface area contributed by atoms with Gasteiger partial charge in [-0.2, -0.15) is 0 Å². The van der Waals surface area contributed by atoms with Crippen LogP contribution in [0.15, 0.2) is 0 Å². The zero-order valence-electron chi connectivity index (χ0n) is 20.2. The van der Waals surface area contributed by atoms with Crippen LogP contribution < -0.4 is 0 Å². The van der Waals surface area contributed by atoms with E-state index in [9.17, 15) is 15.3 Å². The van der Waals surface area contributed by atoms with E-state index in [0.29, 0.717) is 47.7 Å². The Labute approximate surface area is 193 Å². The zero-order chi connectivity index (χ0) is 22.5. The minimum Gasteiger partial charge on any atom is -0.396 e. The Morgan fingerprint density at radius 1 is 0.906 bits per heavy atom. The zero-order valence-corrected chi connectivity index (χ0v) is 20.2. The van der Waals surface area contributed by atoms with Gasteiger partial charge in [-0.1, -0.05) is 20.8 Å². The number of aliphatic hydroxyl groups is 3. The second-order valence-corrected chi connectivity index (χ2v) is 13.2. The average molecular weight is 449 g/mol. The molecule has 0 aromatic rings. The molecule has 2 aliphatic heterocycles. The Kier molecular flexibility index (Phi) is 5.15. The van der Waals surface area contributed by atoms with Crippen LogP contribution in [0, 0.1) is 52.3 Å². The molecule has 1 spiro atoms. The second kappa shape index (κ2) is 7.40. The molecule has 4 unspecified atom stereocenters. The summed E-state index contributed by atoms with van der Waals surface area (Å²) in [5.74, 6) is 3.44. The molecule has 5 nitrogen and oxygen atoms in total. The lowest BCUT2D eigenvalue weighted by Gasteiger charge is -2.61. The topological polar surface area (TPSA) is 79.2 Å². The predicted molar refractivity (Wildman–Crippen MR) is 121 cm³/mol. The van der Waals surface area contributed by atoms with Crippen LogP contribution in [0.5, 0.6) is 0 Å². The van der Waals surface area contributed by atoms with E-state index in [-0.39, 0.29) is 17.9 Å². The SMILES string of the molecule is C[C@H]1[C@H]2[C@H](C[C@H]3[C@@H]4CCC5CC(O)C(O)C[C@]5(C)[C@H]4CC[C@]23C)O[C@]12CCC(CO)CO2. The number of ether oxygens (including phenoxy) is 2. The molecule has 4 saturated carbocycles. The van der Waals surface area contributed by atoms with E-state index >= 15 is 0 Å². The van der Waals surface area contributed by atoms with Gasteiger partial charge < -0.3 is 24.8 Å². The quantitative estimate of drug-likeness (QED) is 0.570. The van der Waals surface area contributed by atoms with Crippen molar-refractivity contribution in [2.24, 2.45) is 52.3 Å². The lowest BCUT2D eigenvalue weighted by Crippen LogP contribution is -2.57. The summed E-state index contributed by atoms with van der Waals surface area (Å²) in [4.78, 5) is 0. The van der Waals surface area contributed by atoms with Gasteiger partial charge >= 0.3 is 0 Å². The summed E-state index contributed by atoms with van der Waals surface area (Å²) in [5.41, 5.74) is 0.474. The Hall–Kier alpha value is -0.200. The van der Waals surface area contributed by atoms with E-state index in [1.54, 1.807) is 0 Å². The third-order valence-corrected chi connectivity index (χ3v) is 12.1. The fourth-order valence-corrected chi connectivity index (χ4v) is 10.4. The Morgan fingerprint density at radius 2 is 1.72 bits per heavy atom. The van der Waals surface area contributed by atoms with Crippen LogP contribution in [-0.4, -0.2) is 52.6 Å². The molecule has 0 aromatic carbocycles. The summed E-state index contributed by atoms with van der Waals surface area (Å²) >= 11 is 0. The highest BCUT2D eigenvalue weighted by atomic mass is 16.7. The van der Waals surface area contributed by atoms with Crippen LogP contribution >= 0.6 is 0 Å². The molecule has 2 heterocycles. The van der Waals surface area contributed by atoms with E-state index in [0.717, 1.165) is 38.0 Å². The molecule has 0 amide bonds. The molecule has 0 aromatic heterocycles. The summed E-state index contributed by atoms with van der Waals surface area (Å²) in [7, 11) is 0. The third kappa shape index (κ3) is 2.87.